The number of hydrogen-bond acceptors (Lipinski definition) is 5. The standard InChI is InChI=1S/C8H8BrN3OS/c9-7-2-1-6(13-7)3-4-10-8-11-5-12-14-8/h1-2,5H,3-4H2,(H,10,11,12). The highest BCUT2D eigenvalue weighted by Crippen LogP contribution is 2.14. The molecule has 0 aromatic carbocycles. The summed E-state index contributed by atoms with van der Waals surface area (Å²) < 4.78 is 10.0. The van der Waals surface area contributed by atoms with Gasteiger partial charge >= 0.3 is 0 Å². The molecule has 0 aliphatic heterocycles. The van der Waals surface area contributed by atoms with Crippen LogP contribution in [0, 0.1) is 0 Å². The summed E-state index contributed by atoms with van der Waals surface area (Å²) in [5, 5.41) is 4.00. The van der Waals surface area contributed by atoms with E-state index in [1.165, 1.54) is 17.9 Å². The summed E-state index contributed by atoms with van der Waals surface area (Å²) in [5.74, 6) is 0.953. The maximum absolute atomic E-state index is 5.35. The Morgan fingerprint density at radius 2 is 2.43 bits per heavy atom. The van der Waals surface area contributed by atoms with E-state index in [9.17, 15) is 0 Å². The Morgan fingerprint density at radius 3 is 3.07 bits per heavy atom. The Hall–Kier alpha value is -0.880. The molecule has 4 nitrogen and oxygen atoms in total. The van der Waals surface area contributed by atoms with Crippen LogP contribution in [0.2, 0.25) is 0 Å². The van der Waals surface area contributed by atoms with Gasteiger partial charge in [0.25, 0.3) is 0 Å². The van der Waals surface area contributed by atoms with E-state index in [-0.39, 0.29) is 0 Å². The van der Waals surface area contributed by atoms with Crippen LogP contribution in [0.5, 0.6) is 0 Å². The van der Waals surface area contributed by atoms with E-state index in [1.54, 1.807) is 0 Å². The van der Waals surface area contributed by atoms with Gasteiger partial charge in [-0.05, 0) is 28.1 Å². The van der Waals surface area contributed by atoms with Crippen LogP contribution >= 0.6 is 27.5 Å². The van der Waals surface area contributed by atoms with Crippen LogP contribution in [-0.4, -0.2) is 15.9 Å². The van der Waals surface area contributed by atoms with Gasteiger partial charge in [0.1, 0.15) is 12.1 Å². The molecular weight excluding hydrogens is 266 g/mol. The van der Waals surface area contributed by atoms with Crippen molar-refractivity contribution < 1.29 is 4.42 Å². The summed E-state index contributed by atoms with van der Waals surface area (Å²) in [5.41, 5.74) is 0. The fourth-order valence-corrected chi connectivity index (χ4v) is 1.82. The number of anilines is 1. The minimum Gasteiger partial charge on any atom is -0.454 e. The lowest BCUT2D eigenvalue weighted by molar-refractivity contribution is 0.491. The van der Waals surface area contributed by atoms with E-state index in [0.717, 1.165) is 28.5 Å². The van der Waals surface area contributed by atoms with Crippen molar-refractivity contribution in [2.24, 2.45) is 0 Å². The molecule has 0 aliphatic rings. The maximum atomic E-state index is 5.35. The molecule has 0 spiro atoms. The second-order valence-corrected chi connectivity index (χ2v) is 4.19. The molecule has 0 amide bonds. The van der Waals surface area contributed by atoms with Crippen LogP contribution in [-0.2, 0) is 6.42 Å². The quantitative estimate of drug-likeness (QED) is 0.930. The molecule has 0 unspecified atom stereocenters. The first-order chi connectivity index (χ1) is 6.84. The lowest BCUT2D eigenvalue weighted by Crippen LogP contribution is -2.03. The fourth-order valence-electron chi connectivity index (χ4n) is 1.03. The van der Waals surface area contributed by atoms with Gasteiger partial charge in [-0.25, -0.2) is 4.98 Å². The number of furan rings is 1. The number of aromatic nitrogens is 2. The van der Waals surface area contributed by atoms with Gasteiger partial charge in [0, 0.05) is 24.5 Å². The number of rotatable bonds is 4. The minimum atomic E-state index is 0.767. The molecule has 0 aliphatic carbocycles. The second-order valence-electron chi connectivity index (χ2n) is 2.63. The van der Waals surface area contributed by atoms with Crippen molar-refractivity contribution in [2.75, 3.05) is 11.9 Å². The molecule has 2 rings (SSSR count). The lowest BCUT2D eigenvalue weighted by Gasteiger charge is -1.98. The molecular formula is C8H8BrN3OS. The van der Waals surface area contributed by atoms with E-state index in [1.807, 2.05) is 12.1 Å². The zero-order chi connectivity index (χ0) is 9.80. The fraction of sp³-hybridized carbons (Fsp3) is 0.250. The van der Waals surface area contributed by atoms with E-state index in [2.05, 4.69) is 30.6 Å². The smallest absolute Gasteiger partial charge is 0.202 e. The molecule has 1 N–H and O–H groups in total. The van der Waals surface area contributed by atoms with E-state index < -0.39 is 0 Å². The molecule has 6 heteroatoms. The summed E-state index contributed by atoms with van der Waals surface area (Å²) in [7, 11) is 0. The minimum absolute atomic E-state index is 0.767. The van der Waals surface area contributed by atoms with Crippen molar-refractivity contribution in [2.45, 2.75) is 6.42 Å². The van der Waals surface area contributed by atoms with Gasteiger partial charge < -0.3 is 9.73 Å². The number of nitrogens with zero attached hydrogens (tertiary/aromatic N) is 2. The number of nitrogens with one attached hydrogen (secondary N) is 1. The highest BCUT2D eigenvalue weighted by molar-refractivity contribution is 9.10. The van der Waals surface area contributed by atoms with Crippen LogP contribution in [0.4, 0.5) is 5.13 Å². The molecule has 2 aromatic rings. The third-order valence-corrected chi connectivity index (χ3v) is 2.69. The Labute approximate surface area is 93.7 Å². The lowest BCUT2D eigenvalue weighted by atomic mass is 10.3. The van der Waals surface area contributed by atoms with Crippen molar-refractivity contribution in [1.82, 2.24) is 9.36 Å². The first-order valence-electron chi connectivity index (χ1n) is 4.09. The van der Waals surface area contributed by atoms with Gasteiger partial charge in [-0.1, -0.05) is 0 Å². The van der Waals surface area contributed by atoms with Gasteiger partial charge in [-0.3, -0.25) is 0 Å². The molecule has 0 fully saturated rings. The zero-order valence-corrected chi connectivity index (χ0v) is 9.64. The Bertz CT molecular complexity index is 387. The van der Waals surface area contributed by atoms with Gasteiger partial charge in [0.15, 0.2) is 4.67 Å². The van der Waals surface area contributed by atoms with Crippen LogP contribution in [0.3, 0.4) is 0 Å². The normalized spacial score (nSPS) is 10.4. The van der Waals surface area contributed by atoms with E-state index in [0.29, 0.717) is 0 Å². The first-order valence-corrected chi connectivity index (χ1v) is 5.66. The predicted octanol–water partition coefficient (Wildman–Crippen LogP) is 2.55. The monoisotopic (exact) mass is 273 g/mol. The average molecular weight is 274 g/mol. The third kappa shape index (κ3) is 2.55. The topological polar surface area (TPSA) is 51.0 Å². The molecule has 0 saturated carbocycles. The average Bonchev–Trinajstić information content (AvgIpc) is 2.77. The predicted molar refractivity (Wildman–Crippen MR) is 58.5 cm³/mol. The molecule has 2 heterocycles. The molecule has 2 aromatic heterocycles. The van der Waals surface area contributed by atoms with Crippen molar-refractivity contribution >= 4 is 32.6 Å². The van der Waals surface area contributed by atoms with Crippen LogP contribution < -0.4 is 5.32 Å². The number of hydrogen-bond donors (Lipinski definition) is 1. The highest BCUT2D eigenvalue weighted by atomic mass is 79.9. The molecule has 0 bridgehead atoms. The van der Waals surface area contributed by atoms with Crippen LogP contribution in [0.15, 0.2) is 27.5 Å². The van der Waals surface area contributed by atoms with Gasteiger partial charge in [0.05, 0.1) is 0 Å². The third-order valence-electron chi connectivity index (χ3n) is 1.64. The van der Waals surface area contributed by atoms with Gasteiger partial charge in [0.2, 0.25) is 5.13 Å². The summed E-state index contributed by atoms with van der Waals surface area (Å²) in [6, 6.07) is 3.84. The van der Waals surface area contributed by atoms with Gasteiger partial charge in [-0.2, -0.15) is 4.37 Å². The molecule has 14 heavy (non-hydrogen) atoms. The summed E-state index contributed by atoms with van der Waals surface area (Å²) >= 11 is 4.61. The molecule has 0 atom stereocenters. The van der Waals surface area contributed by atoms with Gasteiger partial charge in [-0.15, -0.1) is 0 Å². The SMILES string of the molecule is Brc1ccc(CCNc2ncns2)o1. The Kier molecular flexibility index (Phi) is 3.15. The molecule has 0 saturated heterocycles. The largest absolute Gasteiger partial charge is 0.454 e. The zero-order valence-electron chi connectivity index (χ0n) is 7.24. The Balaban J connectivity index is 1.78. The van der Waals surface area contributed by atoms with Crippen molar-refractivity contribution in [3.05, 3.63) is 28.9 Å². The first kappa shape index (κ1) is 9.67. The Morgan fingerprint density at radius 1 is 1.50 bits per heavy atom. The van der Waals surface area contributed by atoms with Crippen molar-refractivity contribution in [3.63, 3.8) is 0 Å². The molecule has 0 radical (unpaired) electrons. The van der Waals surface area contributed by atoms with E-state index >= 15 is 0 Å². The highest BCUT2D eigenvalue weighted by Gasteiger charge is 1.99. The maximum Gasteiger partial charge on any atom is 0.202 e. The van der Waals surface area contributed by atoms with Crippen LogP contribution in [0.1, 0.15) is 5.76 Å². The van der Waals surface area contributed by atoms with Crippen LogP contribution in [0.25, 0.3) is 0 Å². The van der Waals surface area contributed by atoms with Crippen molar-refractivity contribution in [1.29, 1.82) is 0 Å². The summed E-state index contributed by atoms with van der Waals surface area (Å²) in [6.07, 6.45) is 2.38. The van der Waals surface area contributed by atoms with Crippen molar-refractivity contribution in [3.8, 4) is 0 Å². The number of halogens is 1. The van der Waals surface area contributed by atoms with E-state index in [4.69, 9.17) is 4.42 Å². The summed E-state index contributed by atoms with van der Waals surface area (Å²) in [4.78, 5) is 4.01. The molecule has 74 valence electrons. The summed E-state index contributed by atoms with van der Waals surface area (Å²) in [6.45, 7) is 0.801. The second kappa shape index (κ2) is 4.56.